The molecule has 2 saturated heterocycles. The minimum absolute atomic E-state index is 0.0654. The van der Waals surface area contributed by atoms with Crippen molar-refractivity contribution in [2.75, 3.05) is 54.5 Å². The first-order valence-corrected chi connectivity index (χ1v) is 25.4. The number of nitrogens with zero attached hydrogens (tertiary/aromatic N) is 7. The molecule has 0 aliphatic carbocycles. The minimum atomic E-state index is -1.10. The Kier molecular flexibility index (Phi) is 15.9. The summed E-state index contributed by atoms with van der Waals surface area (Å²) in [4.78, 5) is 85.4. The molecule has 4 aromatic rings. The number of ether oxygens (including phenoxy) is 2. The Morgan fingerprint density at radius 2 is 1.86 bits per heavy atom. The summed E-state index contributed by atoms with van der Waals surface area (Å²) in [5, 5.41) is 8.10. The van der Waals surface area contributed by atoms with Crippen molar-refractivity contribution < 1.29 is 33.4 Å². The molecule has 17 heteroatoms. The molecule has 4 amide bonds. The van der Waals surface area contributed by atoms with E-state index in [0.717, 1.165) is 44.7 Å². The molecule has 6 heterocycles. The van der Waals surface area contributed by atoms with Gasteiger partial charge in [0.1, 0.15) is 18.1 Å². The largest absolute Gasteiger partial charge is 0.464 e. The van der Waals surface area contributed by atoms with Gasteiger partial charge in [-0.1, -0.05) is 39.7 Å². The molecule has 70 heavy (non-hydrogen) atoms. The molecule has 3 aliphatic rings. The zero-order valence-corrected chi connectivity index (χ0v) is 43.8. The number of likely N-dealkylation sites (N-methyl/N-ethyl adjacent to an activating group) is 1. The van der Waals surface area contributed by atoms with Crippen LogP contribution in [0.4, 0.5) is 0 Å². The Labute approximate surface area is 416 Å². The Hall–Kier alpha value is -5.67. The third kappa shape index (κ3) is 11.1. The summed E-state index contributed by atoms with van der Waals surface area (Å²) < 4.78 is 14.3. The van der Waals surface area contributed by atoms with Crippen molar-refractivity contribution in [2.24, 2.45) is 17.3 Å². The summed E-state index contributed by atoms with van der Waals surface area (Å²) in [5.41, 5.74) is 8.73. The maximum absolute atomic E-state index is 14.7. The van der Waals surface area contributed by atoms with Gasteiger partial charge in [0, 0.05) is 85.8 Å². The van der Waals surface area contributed by atoms with Gasteiger partial charge in [0.05, 0.1) is 46.3 Å². The standard InChI is InChI=1S/C53H71N9O7S/c1-13-61-42-19-18-34-26-37(42)38(47(61)36-16-14-23-54-45(36)33(4)68-12)28-52(5,6)31-69-51(67)39-17-15-24-62(57-39)50(66)40(27-43-55-41(34)30-70-43)56-48(64)46(32(2)3)59(11)49(65)35-21-25-60(29-35)44(63)20-22-53(7,8)58(9)10/h14,16,18-19,23,26,30,32-33,35,39-40,46,57H,13,15,17,21,24-25,27-29,31H2,1-12H3,(H,56,64)/t33-,35-,39-,40-,46?/m0/s1. The second-order valence-electron chi connectivity index (χ2n) is 20.8. The molecule has 6 bridgehead atoms. The number of nitrogens with one attached hydrogen (secondary N) is 2. The van der Waals surface area contributed by atoms with Gasteiger partial charge in [0.25, 0.3) is 11.8 Å². The SMILES string of the molecule is CCn1c(-c2cccnc2[C@H](C)OC)c2c3cc(ccc31)-c1csc(n1)C[C@H](NC(=O)C(C(C)C)N(C)C(=O)[C@H]1CCN(C(=O)C#CC(C)(C)N(C)C)C1)C(=O)N1CCC[C@H](N1)C(=O)OCC(C)(C)C2. The molecule has 376 valence electrons. The summed E-state index contributed by atoms with van der Waals surface area (Å²) in [6, 6.07) is 7.57. The number of aromatic nitrogens is 3. The van der Waals surface area contributed by atoms with Gasteiger partial charge in [-0.15, -0.1) is 11.3 Å². The molecule has 2 fully saturated rings. The molecule has 1 aromatic carbocycles. The summed E-state index contributed by atoms with van der Waals surface area (Å²) in [7, 11) is 7.09. The number of hydrazine groups is 1. The van der Waals surface area contributed by atoms with Crippen molar-refractivity contribution in [3.05, 3.63) is 58.2 Å². The third-order valence-electron chi connectivity index (χ3n) is 14.2. The number of aryl methyl sites for hydroxylation is 1. The van der Waals surface area contributed by atoms with Gasteiger partial charge in [0.2, 0.25) is 11.8 Å². The van der Waals surface area contributed by atoms with Gasteiger partial charge < -0.3 is 29.2 Å². The number of esters is 1. The number of benzene rings is 1. The maximum Gasteiger partial charge on any atom is 0.324 e. The molecule has 1 unspecified atom stereocenters. The van der Waals surface area contributed by atoms with Crippen LogP contribution in [-0.2, 0) is 52.8 Å². The fourth-order valence-electron chi connectivity index (χ4n) is 9.72. The van der Waals surface area contributed by atoms with Crippen molar-refractivity contribution in [3.63, 3.8) is 0 Å². The second kappa shape index (κ2) is 21.4. The first kappa shape index (κ1) is 52.2. The van der Waals surface area contributed by atoms with Crippen LogP contribution in [0.15, 0.2) is 41.9 Å². The number of fused-ring (bicyclic) bond motifs is 6. The van der Waals surface area contributed by atoms with Crippen molar-refractivity contribution in [2.45, 2.75) is 124 Å². The Morgan fingerprint density at radius 3 is 2.56 bits per heavy atom. The lowest BCUT2D eigenvalue weighted by molar-refractivity contribution is -0.155. The summed E-state index contributed by atoms with van der Waals surface area (Å²) >= 11 is 1.40. The highest BCUT2D eigenvalue weighted by molar-refractivity contribution is 7.10. The predicted octanol–water partition coefficient (Wildman–Crippen LogP) is 5.88. The number of carbonyl (C=O) groups excluding carboxylic acids is 5. The number of pyridine rings is 1. The number of thiazole rings is 1. The van der Waals surface area contributed by atoms with Gasteiger partial charge >= 0.3 is 5.97 Å². The third-order valence-corrected chi connectivity index (χ3v) is 15.1. The number of hydrogen-bond acceptors (Lipinski definition) is 12. The van der Waals surface area contributed by atoms with E-state index in [1.165, 1.54) is 21.2 Å². The predicted molar refractivity (Wildman–Crippen MR) is 271 cm³/mol. The van der Waals surface area contributed by atoms with Crippen molar-refractivity contribution >= 4 is 51.8 Å². The lowest BCUT2D eigenvalue weighted by atomic mass is 9.84. The molecule has 0 spiro atoms. The highest BCUT2D eigenvalue weighted by atomic mass is 32.1. The second-order valence-corrected chi connectivity index (χ2v) is 21.8. The van der Waals surface area contributed by atoms with Crippen molar-refractivity contribution in [1.29, 1.82) is 0 Å². The average Bonchev–Trinajstić information content (AvgIpc) is 4.09. The first-order chi connectivity index (χ1) is 33.1. The van der Waals surface area contributed by atoms with E-state index in [2.05, 4.69) is 72.2 Å². The lowest BCUT2D eigenvalue weighted by Crippen LogP contribution is -2.62. The van der Waals surface area contributed by atoms with Crippen LogP contribution in [0.25, 0.3) is 33.4 Å². The van der Waals surface area contributed by atoms with E-state index in [1.54, 1.807) is 25.3 Å². The minimum Gasteiger partial charge on any atom is -0.464 e. The van der Waals surface area contributed by atoms with E-state index in [0.29, 0.717) is 50.3 Å². The van der Waals surface area contributed by atoms with Gasteiger partial charge in [-0.05, 0) is 109 Å². The molecule has 7 rings (SSSR count). The monoisotopic (exact) mass is 978 g/mol. The molecule has 3 aliphatic heterocycles. The quantitative estimate of drug-likeness (QED) is 0.144. The van der Waals surface area contributed by atoms with E-state index in [9.17, 15) is 24.0 Å². The number of carbonyl (C=O) groups is 5. The number of hydrogen-bond donors (Lipinski definition) is 2. The Bertz CT molecular complexity index is 2680. The smallest absolute Gasteiger partial charge is 0.324 e. The maximum atomic E-state index is 14.7. The van der Waals surface area contributed by atoms with Crippen LogP contribution in [-0.4, -0.2) is 142 Å². The number of methoxy groups -OCH3 is 1. The van der Waals surface area contributed by atoms with E-state index in [1.807, 2.05) is 65.1 Å². The van der Waals surface area contributed by atoms with Crippen LogP contribution in [0, 0.1) is 29.1 Å². The Morgan fingerprint density at radius 1 is 1.10 bits per heavy atom. The van der Waals surface area contributed by atoms with E-state index in [-0.39, 0.29) is 43.4 Å². The normalized spacial score (nSPS) is 20.7. The molecule has 5 atom stereocenters. The molecular formula is C53H71N9O7S. The fraction of sp³-hybridized carbons (Fsp3) is 0.566. The van der Waals surface area contributed by atoms with E-state index in [4.69, 9.17) is 19.4 Å². The number of rotatable bonds is 10. The molecule has 2 N–H and O–H groups in total. The summed E-state index contributed by atoms with van der Waals surface area (Å²) in [6.07, 6.45) is 3.60. The molecule has 16 nitrogen and oxygen atoms in total. The van der Waals surface area contributed by atoms with Crippen LogP contribution in [0.2, 0.25) is 0 Å². The van der Waals surface area contributed by atoms with Crippen LogP contribution >= 0.6 is 11.3 Å². The van der Waals surface area contributed by atoms with Crippen molar-refractivity contribution in [1.82, 2.24) is 45.0 Å². The van der Waals surface area contributed by atoms with Gasteiger partial charge in [-0.3, -0.25) is 38.9 Å². The van der Waals surface area contributed by atoms with Gasteiger partial charge in [-0.2, -0.15) is 0 Å². The van der Waals surface area contributed by atoms with E-state index < -0.39 is 52.8 Å². The van der Waals surface area contributed by atoms with Crippen LogP contribution in [0.3, 0.4) is 0 Å². The van der Waals surface area contributed by atoms with Gasteiger partial charge in [0.15, 0.2) is 0 Å². The van der Waals surface area contributed by atoms with Crippen LogP contribution in [0.1, 0.15) is 97.0 Å². The van der Waals surface area contributed by atoms with Gasteiger partial charge in [-0.25, -0.2) is 10.4 Å². The number of cyclic esters (lactones) is 1. The zero-order valence-electron chi connectivity index (χ0n) is 43.0. The first-order valence-electron chi connectivity index (χ1n) is 24.5. The molecular weight excluding hydrogens is 907 g/mol. The highest BCUT2D eigenvalue weighted by Crippen LogP contribution is 2.42. The number of likely N-dealkylation sites (tertiary alicyclic amines) is 1. The molecule has 3 aromatic heterocycles. The van der Waals surface area contributed by atoms with Crippen LogP contribution < -0.4 is 10.7 Å². The zero-order chi connectivity index (χ0) is 50.8. The topological polar surface area (TPSA) is 172 Å². The number of amides is 4. The lowest BCUT2D eigenvalue weighted by Gasteiger charge is -2.36. The molecule has 0 radical (unpaired) electrons. The van der Waals surface area contributed by atoms with E-state index >= 15 is 0 Å². The average molecular weight is 978 g/mol. The summed E-state index contributed by atoms with van der Waals surface area (Å²) in [5.74, 6) is 2.96. The fourth-order valence-corrected chi connectivity index (χ4v) is 10.6. The molecule has 0 saturated carbocycles. The summed E-state index contributed by atoms with van der Waals surface area (Å²) in [6.45, 7) is 17.6. The highest BCUT2D eigenvalue weighted by Gasteiger charge is 2.41. The Balaban J connectivity index is 1.21. The van der Waals surface area contributed by atoms with Crippen molar-refractivity contribution in [3.8, 4) is 34.4 Å². The van der Waals surface area contributed by atoms with Crippen LogP contribution in [0.5, 0.6) is 0 Å².